The van der Waals surface area contributed by atoms with E-state index < -0.39 is 0 Å². The highest BCUT2D eigenvalue weighted by atomic mass is 35.5. The number of halogens is 1. The standard InChI is InChI=1S/C6H11Cl/c1-3-4-6(2)5-7/h3-4,6H,5H2,1-2H3/b4-3+/t6-/m1/s1. The van der Waals surface area contributed by atoms with Crippen molar-refractivity contribution in [2.45, 2.75) is 13.8 Å². The molecule has 0 unspecified atom stereocenters. The van der Waals surface area contributed by atoms with E-state index >= 15 is 0 Å². The Labute approximate surface area is 50.2 Å². The fourth-order valence-corrected chi connectivity index (χ4v) is 0.483. The van der Waals surface area contributed by atoms with Crippen molar-refractivity contribution in [2.24, 2.45) is 5.92 Å². The Balaban J connectivity index is 3.16. The maximum atomic E-state index is 5.48. The fourth-order valence-electron chi connectivity index (χ4n) is 0.380. The van der Waals surface area contributed by atoms with Gasteiger partial charge < -0.3 is 0 Å². The molecule has 0 aromatic carbocycles. The number of allylic oxidation sites excluding steroid dienone is 2. The first-order valence-electron chi connectivity index (χ1n) is 2.50. The van der Waals surface area contributed by atoms with Crippen LogP contribution >= 0.6 is 11.6 Å². The lowest BCUT2D eigenvalue weighted by Gasteiger charge is -1.93. The van der Waals surface area contributed by atoms with Crippen molar-refractivity contribution in [1.82, 2.24) is 0 Å². The number of rotatable bonds is 2. The van der Waals surface area contributed by atoms with E-state index in [0.29, 0.717) is 5.92 Å². The summed E-state index contributed by atoms with van der Waals surface area (Å²) in [6.07, 6.45) is 4.11. The maximum Gasteiger partial charge on any atom is 0.0283 e. The van der Waals surface area contributed by atoms with Gasteiger partial charge in [0.25, 0.3) is 0 Å². The topological polar surface area (TPSA) is 0 Å². The van der Waals surface area contributed by atoms with Gasteiger partial charge in [0.1, 0.15) is 0 Å². The second-order valence-corrected chi connectivity index (χ2v) is 1.97. The zero-order chi connectivity index (χ0) is 5.70. The monoisotopic (exact) mass is 118 g/mol. The minimum absolute atomic E-state index is 0.534. The Kier molecular flexibility index (Phi) is 4.21. The number of hydrogen-bond acceptors (Lipinski definition) is 0. The fraction of sp³-hybridized carbons (Fsp3) is 0.667. The largest absolute Gasteiger partial charge is 0.126 e. The van der Waals surface area contributed by atoms with Gasteiger partial charge in [-0.3, -0.25) is 0 Å². The second-order valence-electron chi connectivity index (χ2n) is 1.66. The third-order valence-electron chi connectivity index (χ3n) is 0.764. The van der Waals surface area contributed by atoms with E-state index in [2.05, 4.69) is 13.0 Å². The highest BCUT2D eigenvalue weighted by Gasteiger charge is 1.87. The van der Waals surface area contributed by atoms with Gasteiger partial charge in [-0.15, -0.1) is 11.6 Å². The van der Waals surface area contributed by atoms with Crippen molar-refractivity contribution in [3.63, 3.8) is 0 Å². The van der Waals surface area contributed by atoms with Gasteiger partial charge in [0.15, 0.2) is 0 Å². The van der Waals surface area contributed by atoms with E-state index in [0.717, 1.165) is 5.88 Å². The van der Waals surface area contributed by atoms with Crippen molar-refractivity contribution >= 4 is 11.6 Å². The van der Waals surface area contributed by atoms with Gasteiger partial charge in [-0.05, 0) is 12.8 Å². The van der Waals surface area contributed by atoms with Crippen LogP contribution in [0.4, 0.5) is 0 Å². The third kappa shape index (κ3) is 3.87. The lowest BCUT2D eigenvalue weighted by atomic mass is 10.2. The number of alkyl halides is 1. The van der Waals surface area contributed by atoms with Crippen molar-refractivity contribution in [2.75, 3.05) is 5.88 Å². The average Bonchev–Trinajstić information content (AvgIpc) is 1.68. The van der Waals surface area contributed by atoms with Crippen molar-refractivity contribution in [1.29, 1.82) is 0 Å². The Hall–Kier alpha value is 0.0300. The van der Waals surface area contributed by atoms with Gasteiger partial charge in [-0.25, -0.2) is 0 Å². The molecule has 0 aliphatic rings. The molecule has 0 aliphatic carbocycles. The third-order valence-corrected chi connectivity index (χ3v) is 1.25. The summed E-state index contributed by atoms with van der Waals surface area (Å²) in [6.45, 7) is 4.09. The van der Waals surface area contributed by atoms with Crippen LogP contribution in [0, 0.1) is 5.92 Å². The summed E-state index contributed by atoms with van der Waals surface area (Å²) in [4.78, 5) is 0. The van der Waals surface area contributed by atoms with Gasteiger partial charge in [-0.1, -0.05) is 19.1 Å². The van der Waals surface area contributed by atoms with Crippen molar-refractivity contribution in [3.05, 3.63) is 12.2 Å². The zero-order valence-electron chi connectivity index (χ0n) is 4.82. The smallest absolute Gasteiger partial charge is 0.0283 e. The SMILES string of the molecule is C/C=C/[C@@H](C)CCl. The van der Waals surface area contributed by atoms with E-state index in [1.807, 2.05) is 13.0 Å². The summed E-state index contributed by atoms with van der Waals surface area (Å²) in [7, 11) is 0. The first-order valence-corrected chi connectivity index (χ1v) is 3.03. The summed E-state index contributed by atoms with van der Waals surface area (Å²) in [5, 5.41) is 0. The second kappa shape index (κ2) is 4.20. The van der Waals surface area contributed by atoms with E-state index in [-0.39, 0.29) is 0 Å². The lowest BCUT2D eigenvalue weighted by molar-refractivity contribution is 0.839. The van der Waals surface area contributed by atoms with Crippen LogP contribution in [0.2, 0.25) is 0 Å². The van der Waals surface area contributed by atoms with Crippen molar-refractivity contribution in [3.8, 4) is 0 Å². The molecule has 0 N–H and O–H groups in total. The minimum Gasteiger partial charge on any atom is -0.126 e. The molecule has 0 saturated heterocycles. The predicted molar refractivity (Wildman–Crippen MR) is 34.7 cm³/mol. The summed E-state index contributed by atoms with van der Waals surface area (Å²) in [5.41, 5.74) is 0. The summed E-state index contributed by atoms with van der Waals surface area (Å²) in [5.74, 6) is 1.26. The molecule has 0 bridgehead atoms. The normalized spacial score (nSPS) is 15.3. The summed E-state index contributed by atoms with van der Waals surface area (Å²) >= 11 is 5.48. The molecule has 0 aliphatic heterocycles. The van der Waals surface area contributed by atoms with Gasteiger partial charge in [0.05, 0.1) is 0 Å². The van der Waals surface area contributed by atoms with Gasteiger partial charge >= 0.3 is 0 Å². The van der Waals surface area contributed by atoms with Crippen LogP contribution in [-0.4, -0.2) is 5.88 Å². The lowest BCUT2D eigenvalue weighted by Crippen LogP contribution is -1.87. The van der Waals surface area contributed by atoms with Crippen LogP contribution in [0.5, 0.6) is 0 Å². The molecule has 42 valence electrons. The van der Waals surface area contributed by atoms with Crippen LogP contribution in [0.3, 0.4) is 0 Å². The maximum absolute atomic E-state index is 5.48. The first kappa shape index (κ1) is 7.03. The van der Waals surface area contributed by atoms with Crippen molar-refractivity contribution < 1.29 is 0 Å². The molecule has 0 radical (unpaired) electrons. The predicted octanol–water partition coefficient (Wildman–Crippen LogP) is 2.44. The van der Waals surface area contributed by atoms with Crippen LogP contribution in [0.1, 0.15) is 13.8 Å². The van der Waals surface area contributed by atoms with Crippen LogP contribution in [-0.2, 0) is 0 Å². The Morgan fingerprint density at radius 1 is 1.71 bits per heavy atom. The molecule has 1 atom stereocenters. The van der Waals surface area contributed by atoms with E-state index in [1.54, 1.807) is 0 Å². The Bertz CT molecular complexity index is 57.2. The van der Waals surface area contributed by atoms with Gasteiger partial charge in [-0.2, -0.15) is 0 Å². The minimum atomic E-state index is 0.534. The van der Waals surface area contributed by atoms with Crippen LogP contribution in [0.25, 0.3) is 0 Å². The molecule has 0 aromatic rings. The first-order chi connectivity index (χ1) is 3.31. The van der Waals surface area contributed by atoms with Crippen LogP contribution in [0.15, 0.2) is 12.2 Å². The Morgan fingerprint density at radius 3 is 2.43 bits per heavy atom. The molecular weight excluding hydrogens is 108 g/mol. The molecular formula is C6H11Cl. The van der Waals surface area contributed by atoms with E-state index in [4.69, 9.17) is 11.6 Å². The Morgan fingerprint density at radius 2 is 2.29 bits per heavy atom. The van der Waals surface area contributed by atoms with E-state index in [9.17, 15) is 0 Å². The van der Waals surface area contributed by atoms with E-state index in [1.165, 1.54) is 0 Å². The molecule has 0 nitrogen and oxygen atoms in total. The highest BCUT2D eigenvalue weighted by molar-refractivity contribution is 6.18. The van der Waals surface area contributed by atoms with Gasteiger partial charge in [0, 0.05) is 5.88 Å². The molecule has 0 saturated carbocycles. The molecule has 0 heterocycles. The highest BCUT2D eigenvalue weighted by Crippen LogP contribution is 1.97. The molecule has 0 rings (SSSR count). The average molecular weight is 119 g/mol. The van der Waals surface area contributed by atoms with Gasteiger partial charge in [0.2, 0.25) is 0 Å². The summed E-state index contributed by atoms with van der Waals surface area (Å²) in [6, 6.07) is 0. The van der Waals surface area contributed by atoms with Crippen LogP contribution < -0.4 is 0 Å². The summed E-state index contributed by atoms with van der Waals surface area (Å²) < 4.78 is 0. The quantitative estimate of drug-likeness (QED) is 0.386. The molecule has 0 spiro atoms. The number of hydrogen-bond donors (Lipinski definition) is 0. The molecule has 0 amide bonds. The molecule has 0 aromatic heterocycles. The molecule has 0 fully saturated rings. The molecule has 7 heavy (non-hydrogen) atoms. The molecule has 1 heteroatoms. The zero-order valence-corrected chi connectivity index (χ0v) is 5.57.